The highest BCUT2D eigenvalue weighted by Gasteiger charge is 2.34. The first-order valence-electron chi connectivity index (χ1n) is 10.5. The highest BCUT2D eigenvalue weighted by Crippen LogP contribution is 2.22. The maximum absolute atomic E-state index is 12.6. The van der Waals surface area contributed by atoms with Crippen LogP contribution in [-0.4, -0.2) is 35.5 Å². The second-order valence-corrected chi connectivity index (χ2v) is 8.25. The molecule has 2 aliphatic carbocycles. The molecular formula is C21H34N2O4. The van der Waals surface area contributed by atoms with Crippen LogP contribution < -0.4 is 10.6 Å². The van der Waals surface area contributed by atoms with Crippen LogP contribution in [0.2, 0.25) is 0 Å². The third kappa shape index (κ3) is 6.74. The van der Waals surface area contributed by atoms with Gasteiger partial charge >= 0.3 is 0 Å². The van der Waals surface area contributed by atoms with Gasteiger partial charge in [-0.05, 0) is 46.0 Å². The third-order valence-electron chi connectivity index (χ3n) is 5.99. The lowest BCUT2D eigenvalue weighted by atomic mass is 9.86. The summed E-state index contributed by atoms with van der Waals surface area (Å²) < 4.78 is 0. The van der Waals surface area contributed by atoms with Crippen LogP contribution in [0.1, 0.15) is 84.5 Å². The normalized spacial score (nSPS) is 21.1. The lowest BCUT2D eigenvalue weighted by molar-refractivity contribution is -0.137. The van der Waals surface area contributed by atoms with Gasteiger partial charge in [-0.15, -0.1) is 0 Å². The molecule has 2 rings (SSSR count). The summed E-state index contributed by atoms with van der Waals surface area (Å²) in [5.74, 6) is -3.16. The molecule has 0 saturated heterocycles. The van der Waals surface area contributed by atoms with Crippen LogP contribution in [0.5, 0.6) is 0 Å². The summed E-state index contributed by atoms with van der Waals surface area (Å²) in [7, 11) is 0. The van der Waals surface area contributed by atoms with Crippen LogP contribution in [0.4, 0.5) is 0 Å². The van der Waals surface area contributed by atoms with E-state index in [0.717, 1.165) is 51.4 Å². The highest BCUT2D eigenvalue weighted by atomic mass is 16.2. The average molecular weight is 379 g/mol. The molecule has 6 heteroatoms. The monoisotopic (exact) mass is 378 g/mol. The molecule has 2 fully saturated rings. The maximum Gasteiger partial charge on any atom is 0.230 e. The van der Waals surface area contributed by atoms with Gasteiger partial charge in [0.15, 0.2) is 0 Å². The zero-order valence-corrected chi connectivity index (χ0v) is 16.7. The van der Waals surface area contributed by atoms with Crippen molar-refractivity contribution in [1.82, 2.24) is 10.6 Å². The van der Waals surface area contributed by atoms with Crippen LogP contribution in [0, 0.1) is 11.8 Å². The van der Waals surface area contributed by atoms with Crippen molar-refractivity contribution in [2.45, 2.75) is 96.6 Å². The van der Waals surface area contributed by atoms with Crippen LogP contribution >= 0.6 is 0 Å². The van der Waals surface area contributed by atoms with Gasteiger partial charge in [-0.3, -0.25) is 19.2 Å². The summed E-state index contributed by atoms with van der Waals surface area (Å²) in [5, 5.41) is 5.92. The lowest BCUT2D eigenvalue weighted by Crippen LogP contribution is -2.46. The lowest BCUT2D eigenvalue weighted by Gasteiger charge is -2.27. The minimum atomic E-state index is -0.946. The number of rotatable bonds is 8. The molecule has 0 aromatic heterocycles. The number of carbonyl (C=O) groups is 4. The Hall–Kier alpha value is -1.72. The standard InChI is InChI=1S/C21H34N2O4/c1-14(24)18(20(26)22-16-9-5-3-6-10-16)13-19(15(2)25)21(27)23-17-11-7-4-8-12-17/h16-19H,3-13H2,1-2H3,(H,22,26)(H,23,27). The fourth-order valence-corrected chi connectivity index (χ4v) is 4.25. The summed E-state index contributed by atoms with van der Waals surface area (Å²) in [6.45, 7) is 2.72. The van der Waals surface area contributed by atoms with E-state index in [1.165, 1.54) is 26.7 Å². The number of Topliss-reactive ketones (excluding diaryl/α,β-unsaturated/α-hetero) is 2. The molecule has 2 unspecified atom stereocenters. The van der Waals surface area contributed by atoms with Crippen molar-refractivity contribution >= 4 is 23.4 Å². The topological polar surface area (TPSA) is 92.3 Å². The second-order valence-electron chi connectivity index (χ2n) is 8.25. The van der Waals surface area contributed by atoms with E-state index in [4.69, 9.17) is 0 Å². The summed E-state index contributed by atoms with van der Waals surface area (Å²) in [6, 6.07) is 0.194. The molecule has 6 nitrogen and oxygen atoms in total. The molecule has 2 atom stereocenters. The number of hydrogen-bond acceptors (Lipinski definition) is 4. The van der Waals surface area contributed by atoms with Crippen molar-refractivity contribution in [3.8, 4) is 0 Å². The first-order chi connectivity index (χ1) is 12.9. The molecule has 2 N–H and O–H groups in total. The first kappa shape index (κ1) is 21.6. The van der Waals surface area contributed by atoms with E-state index >= 15 is 0 Å². The molecule has 0 heterocycles. The van der Waals surface area contributed by atoms with E-state index in [0.29, 0.717) is 0 Å². The molecule has 2 saturated carbocycles. The fraction of sp³-hybridized carbons (Fsp3) is 0.810. The van der Waals surface area contributed by atoms with Crippen molar-refractivity contribution < 1.29 is 19.2 Å². The number of nitrogens with one attached hydrogen (secondary N) is 2. The van der Waals surface area contributed by atoms with Crippen molar-refractivity contribution in [2.75, 3.05) is 0 Å². The predicted octanol–water partition coefficient (Wildman–Crippen LogP) is 2.68. The number of carbonyl (C=O) groups excluding carboxylic acids is 4. The first-order valence-corrected chi connectivity index (χ1v) is 10.5. The van der Waals surface area contributed by atoms with E-state index < -0.39 is 11.8 Å². The third-order valence-corrected chi connectivity index (χ3v) is 5.99. The molecular weight excluding hydrogens is 344 g/mol. The highest BCUT2D eigenvalue weighted by molar-refractivity contribution is 6.04. The van der Waals surface area contributed by atoms with Crippen LogP contribution in [-0.2, 0) is 19.2 Å². The minimum absolute atomic E-state index is 0.0399. The van der Waals surface area contributed by atoms with Gasteiger partial charge in [-0.1, -0.05) is 38.5 Å². The van der Waals surface area contributed by atoms with Crippen molar-refractivity contribution in [2.24, 2.45) is 11.8 Å². The van der Waals surface area contributed by atoms with Gasteiger partial charge in [0.05, 0.1) is 11.8 Å². The summed E-state index contributed by atoms with van der Waals surface area (Å²) in [6.07, 6.45) is 10.3. The Morgan fingerprint density at radius 3 is 1.30 bits per heavy atom. The molecule has 0 radical (unpaired) electrons. The Labute approximate surface area is 162 Å². The Balaban J connectivity index is 1.98. The van der Waals surface area contributed by atoms with Crippen molar-refractivity contribution in [3.63, 3.8) is 0 Å². The summed E-state index contributed by atoms with van der Waals surface area (Å²) in [4.78, 5) is 49.5. The maximum atomic E-state index is 12.6. The quantitative estimate of drug-likeness (QED) is 0.635. The molecule has 0 aromatic rings. The second kappa shape index (κ2) is 10.6. The fourth-order valence-electron chi connectivity index (χ4n) is 4.25. The molecule has 152 valence electrons. The van der Waals surface area contributed by atoms with Gasteiger partial charge in [0.2, 0.25) is 11.8 Å². The average Bonchev–Trinajstić information content (AvgIpc) is 2.63. The SMILES string of the molecule is CC(=O)C(CC(C(C)=O)C(=O)NC1CCCCC1)C(=O)NC1CCCCC1. The van der Waals surface area contributed by atoms with Crippen molar-refractivity contribution in [1.29, 1.82) is 0 Å². The predicted molar refractivity (Wildman–Crippen MR) is 103 cm³/mol. The Kier molecular flexibility index (Phi) is 8.45. The van der Waals surface area contributed by atoms with Crippen LogP contribution in [0.15, 0.2) is 0 Å². The Bertz CT molecular complexity index is 500. The molecule has 27 heavy (non-hydrogen) atoms. The van der Waals surface area contributed by atoms with Crippen LogP contribution in [0.25, 0.3) is 0 Å². The number of hydrogen-bond donors (Lipinski definition) is 2. The van der Waals surface area contributed by atoms with E-state index in [9.17, 15) is 19.2 Å². The Morgan fingerprint density at radius 1 is 0.667 bits per heavy atom. The zero-order valence-electron chi connectivity index (χ0n) is 16.7. The van der Waals surface area contributed by atoms with Gasteiger partial charge in [0.1, 0.15) is 11.6 Å². The molecule has 2 amide bonds. The largest absolute Gasteiger partial charge is 0.353 e. The molecule has 0 bridgehead atoms. The number of amides is 2. The smallest absolute Gasteiger partial charge is 0.230 e. The van der Waals surface area contributed by atoms with Gasteiger partial charge in [-0.25, -0.2) is 0 Å². The van der Waals surface area contributed by atoms with E-state index in [1.54, 1.807) is 0 Å². The molecule has 0 spiro atoms. The van der Waals surface area contributed by atoms with Gasteiger partial charge in [0, 0.05) is 12.1 Å². The molecule has 0 aliphatic heterocycles. The van der Waals surface area contributed by atoms with Gasteiger partial charge in [0.25, 0.3) is 0 Å². The van der Waals surface area contributed by atoms with Crippen LogP contribution in [0.3, 0.4) is 0 Å². The molecule has 2 aliphatic rings. The summed E-state index contributed by atoms with van der Waals surface area (Å²) >= 11 is 0. The van der Waals surface area contributed by atoms with E-state index in [1.807, 2.05) is 0 Å². The number of ketones is 2. The van der Waals surface area contributed by atoms with Gasteiger partial charge < -0.3 is 10.6 Å². The zero-order chi connectivity index (χ0) is 19.8. The van der Waals surface area contributed by atoms with Gasteiger partial charge in [-0.2, -0.15) is 0 Å². The van der Waals surface area contributed by atoms with Crippen molar-refractivity contribution in [3.05, 3.63) is 0 Å². The van der Waals surface area contributed by atoms with E-state index in [2.05, 4.69) is 10.6 Å². The minimum Gasteiger partial charge on any atom is -0.353 e. The molecule has 0 aromatic carbocycles. The van der Waals surface area contributed by atoms with E-state index in [-0.39, 0.29) is 41.9 Å². The summed E-state index contributed by atoms with van der Waals surface area (Å²) in [5.41, 5.74) is 0. The Morgan fingerprint density at radius 2 is 1.00 bits per heavy atom.